The maximum absolute atomic E-state index is 12.8. The Morgan fingerprint density at radius 3 is 2.46 bits per heavy atom. The summed E-state index contributed by atoms with van der Waals surface area (Å²) >= 11 is 6.45. The monoisotopic (exact) mass is 440 g/mol. The van der Waals surface area contributed by atoms with Crippen molar-refractivity contribution in [2.75, 3.05) is 0 Å². The molecule has 0 aromatic heterocycles. The topological polar surface area (TPSA) is 79.5 Å². The first-order chi connectivity index (χ1) is 12.9. The van der Waals surface area contributed by atoms with Crippen LogP contribution in [0, 0.1) is 17.2 Å². The third-order valence-corrected chi connectivity index (χ3v) is 12.3. The molecule has 3 unspecified atom stereocenters. The average molecular weight is 441 g/mol. The number of nitriles is 1. The molecule has 0 radical (unpaired) electrons. The molecule has 28 heavy (non-hydrogen) atoms. The molecule has 0 spiro atoms. The number of rotatable bonds is 6. The van der Waals surface area contributed by atoms with Crippen LogP contribution in [0.25, 0.3) is 0 Å². The minimum absolute atomic E-state index is 0.00703. The van der Waals surface area contributed by atoms with Gasteiger partial charge in [0.15, 0.2) is 15.1 Å². The standard InChI is InChI=1S/C20H29ClN2O3SSi/c1-20(2,3)28(4,5)26-23-19-13-15(12-18(19)21)11-17(14-22)27(24,25)16-9-7-6-8-10-16/h6-10,15,17-18H,11-13H2,1-5H3/b23-19-. The zero-order chi connectivity index (χ0) is 21.2. The number of halogens is 1. The van der Waals surface area contributed by atoms with Gasteiger partial charge in [-0.3, -0.25) is 0 Å². The van der Waals surface area contributed by atoms with Crippen LogP contribution in [-0.2, 0) is 14.4 Å². The van der Waals surface area contributed by atoms with Gasteiger partial charge >= 0.3 is 0 Å². The summed E-state index contributed by atoms with van der Waals surface area (Å²) in [6.45, 7) is 10.7. The van der Waals surface area contributed by atoms with Crippen LogP contribution in [0.2, 0.25) is 18.1 Å². The molecule has 2 rings (SSSR count). The lowest BCUT2D eigenvalue weighted by Crippen LogP contribution is -2.39. The van der Waals surface area contributed by atoms with Gasteiger partial charge in [0.05, 0.1) is 22.1 Å². The van der Waals surface area contributed by atoms with E-state index in [1.54, 1.807) is 18.2 Å². The number of benzene rings is 1. The number of hydrogen-bond acceptors (Lipinski definition) is 5. The highest BCUT2D eigenvalue weighted by atomic mass is 35.5. The Morgan fingerprint density at radius 1 is 1.32 bits per heavy atom. The molecule has 0 heterocycles. The number of nitrogens with zero attached hydrogens (tertiary/aromatic N) is 2. The van der Waals surface area contributed by atoms with Crippen LogP contribution in [0.1, 0.15) is 40.0 Å². The van der Waals surface area contributed by atoms with E-state index in [2.05, 4.69) is 39.0 Å². The van der Waals surface area contributed by atoms with E-state index >= 15 is 0 Å². The highest BCUT2D eigenvalue weighted by molar-refractivity contribution is 7.92. The average Bonchev–Trinajstić information content (AvgIpc) is 2.97. The van der Waals surface area contributed by atoms with E-state index in [9.17, 15) is 13.7 Å². The van der Waals surface area contributed by atoms with Crippen LogP contribution in [0.3, 0.4) is 0 Å². The fourth-order valence-electron chi connectivity index (χ4n) is 2.85. The maximum atomic E-state index is 12.8. The third-order valence-electron chi connectivity index (χ3n) is 5.73. The Kier molecular flexibility index (Phi) is 7.01. The lowest BCUT2D eigenvalue weighted by molar-refractivity contribution is 0.306. The summed E-state index contributed by atoms with van der Waals surface area (Å²) in [7, 11) is -5.73. The van der Waals surface area contributed by atoms with Gasteiger partial charge in [0, 0.05) is 0 Å². The summed E-state index contributed by atoms with van der Waals surface area (Å²) in [5.74, 6) is -0.00703. The fourth-order valence-corrected chi connectivity index (χ4v) is 5.37. The van der Waals surface area contributed by atoms with Crippen LogP contribution in [0.15, 0.2) is 40.4 Å². The first-order valence-corrected chi connectivity index (χ1v) is 14.3. The van der Waals surface area contributed by atoms with E-state index in [4.69, 9.17) is 16.1 Å². The largest absolute Gasteiger partial charge is 0.455 e. The predicted octanol–water partition coefficient (Wildman–Crippen LogP) is 5.14. The molecule has 0 aliphatic heterocycles. The van der Waals surface area contributed by atoms with E-state index in [1.807, 2.05) is 6.07 Å². The van der Waals surface area contributed by atoms with Gasteiger partial charge in [-0.2, -0.15) is 5.26 Å². The van der Waals surface area contributed by atoms with Crippen molar-refractivity contribution in [3.8, 4) is 6.07 Å². The fraction of sp³-hybridized carbons (Fsp3) is 0.600. The molecule has 1 aromatic carbocycles. The smallest absolute Gasteiger partial charge is 0.286 e. The lowest BCUT2D eigenvalue weighted by atomic mass is 10.0. The molecule has 5 nitrogen and oxygen atoms in total. The van der Waals surface area contributed by atoms with Gasteiger partial charge in [-0.25, -0.2) is 8.42 Å². The van der Waals surface area contributed by atoms with Gasteiger partial charge in [-0.1, -0.05) is 39.0 Å². The first-order valence-electron chi connectivity index (χ1n) is 9.46. The molecule has 1 aromatic rings. The van der Waals surface area contributed by atoms with Gasteiger partial charge in [-0.05, 0) is 55.4 Å². The van der Waals surface area contributed by atoms with Crippen molar-refractivity contribution in [1.82, 2.24) is 0 Å². The molecule has 1 aliphatic carbocycles. The van der Waals surface area contributed by atoms with Crippen molar-refractivity contribution in [2.45, 2.75) is 73.7 Å². The SMILES string of the molecule is CC(C)(C)[Si](C)(C)O/N=C1/CC(CC(C#N)S(=O)(=O)c2ccccc2)CC1Cl. The van der Waals surface area contributed by atoms with E-state index in [-0.39, 0.29) is 27.6 Å². The summed E-state index contributed by atoms with van der Waals surface area (Å²) in [5, 5.41) is 12.5. The molecule has 1 aliphatic rings. The third kappa shape index (κ3) is 5.16. The van der Waals surface area contributed by atoms with E-state index < -0.39 is 23.4 Å². The van der Waals surface area contributed by atoms with Gasteiger partial charge in [0.2, 0.25) is 0 Å². The van der Waals surface area contributed by atoms with Gasteiger partial charge in [0.1, 0.15) is 0 Å². The van der Waals surface area contributed by atoms with Crippen LogP contribution in [0.4, 0.5) is 0 Å². The van der Waals surface area contributed by atoms with Crippen molar-refractivity contribution in [3.05, 3.63) is 30.3 Å². The van der Waals surface area contributed by atoms with Crippen molar-refractivity contribution < 1.29 is 12.9 Å². The quantitative estimate of drug-likeness (QED) is 0.348. The maximum Gasteiger partial charge on any atom is 0.286 e. The summed E-state index contributed by atoms with van der Waals surface area (Å²) in [6.07, 6.45) is 1.41. The van der Waals surface area contributed by atoms with E-state index in [0.29, 0.717) is 12.8 Å². The Balaban J connectivity index is 2.10. The Hall–Kier alpha value is -1.36. The minimum atomic E-state index is -3.70. The molecule has 154 valence electrons. The van der Waals surface area contributed by atoms with E-state index in [1.165, 1.54) is 12.1 Å². The lowest BCUT2D eigenvalue weighted by Gasteiger charge is -2.33. The van der Waals surface area contributed by atoms with Crippen molar-refractivity contribution in [2.24, 2.45) is 11.1 Å². The second-order valence-electron chi connectivity index (χ2n) is 8.92. The van der Waals surface area contributed by atoms with Gasteiger partial charge in [-0.15, -0.1) is 16.8 Å². The highest BCUT2D eigenvalue weighted by Crippen LogP contribution is 2.38. The molecule has 1 fully saturated rings. The molecule has 0 saturated heterocycles. The molecular weight excluding hydrogens is 412 g/mol. The Morgan fingerprint density at radius 2 is 1.93 bits per heavy atom. The first kappa shape index (κ1) is 22.9. The zero-order valence-corrected chi connectivity index (χ0v) is 19.7. The van der Waals surface area contributed by atoms with Crippen molar-refractivity contribution >= 4 is 35.5 Å². The van der Waals surface area contributed by atoms with E-state index in [0.717, 1.165) is 5.71 Å². The number of oxime groups is 1. The summed E-state index contributed by atoms with van der Waals surface area (Å²) in [4.78, 5) is 0.178. The summed E-state index contributed by atoms with van der Waals surface area (Å²) in [5.41, 5.74) is 0.755. The number of hydrogen-bond donors (Lipinski definition) is 0. The normalized spacial score (nSPS) is 23.4. The van der Waals surface area contributed by atoms with Gasteiger partial charge in [0.25, 0.3) is 8.32 Å². The van der Waals surface area contributed by atoms with Gasteiger partial charge < -0.3 is 4.53 Å². The summed E-state index contributed by atoms with van der Waals surface area (Å²) in [6, 6.07) is 10.1. The Labute approximate surface area is 174 Å². The predicted molar refractivity (Wildman–Crippen MR) is 116 cm³/mol. The Bertz CT molecular complexity index is 858. The number of sulfone groups is 1. The molecule has 0 amide bonds. The zero-order valence-electron chi connectivity index (χ0n) is 17.1. The highest BCUT2D eigenvalue weighted by Gasteiger charge is 2.41. The molecule has 3 atom stereocenters. The second kappa shape index (κ2) is 8.56. The summed E-state index contributed by atoms with van der Waals surface area (Å²) < 4.78 is 31.5. The molecule has 0 bridgehead atoms. The van der Waals surface area contributed by atoms with Crippen molar-refractivity contribution in [1.29, 1.82) is 5.26 Å². The van der Waals surface area contributed by atoms with Crippen LogP contribution in [0.5, 0.6) is 0 Å². The number of alkyl halides is 1. The minimum Gasteiger partial charge on any atom is -0.455 e. The molecule has 0 N–H and O–H groups in total. The van der Waals surface area contributed by atoms with Crippen molar-refractivity contribution in [3.63, 3.8) is 0 Å². The van der Waals surface area contributed by atoms with Crippen LogP contribution >= 0.6 is 11.6 Å². The van der Waals surface area contributed by atoms with Crippen LogP contribution < -0.4 is 0 Å². The molecular formula is C20H29ClN2O3SSi. The molecule has 8 heteroatoms. The van der Waals surface area contributed by atoms with Crippen LogP contribution in [-0.4, -0.2) is 33.1 Å². The molecule has 1 saturated carbocycles. The second-order valence-corrected chi connectivity index (χ2v) is 16.3.